The lowest BCUT2D eigenvalue weighted by molar-refractivity contribution is -0.114. The third-order valence-corrected chi connectivity index (χ3v) is 4.90. The lowest BCUT2D eigenvalue weighted by Gasteiger charge is -2.26. The summed E-state index contributed by atoms with van der Waals surface area (Å²) in [5, 5.41) is 4.46. The second-order valence-electron chi connectivity index (χ2n) is 6.75. The molecule has 4 heterocycles. The Morgan fingerprint density at radius 1 is 1.21 bits per heavy atom. The standard InChI is InChI=1S/C21H15FN4O3/c1-11(27)16-12(2)29-21-18(17(16)15-4-3-9-28-15)20-24-19(25-26(20)10-23-21)13-5-7-14(22)8-6-13/h3-10,17H,1-2H3. The van der Waals surface area contributed by atoms with E-state index in [1.807, 2.05) is 0 Å². The lowest BCUT2D eigenvalue weighted by Crippen LogP contribution is -2.21. The summed E-state index contributed by atoms with van der Waals surface area (Å²) in [4.78, 5) is 21.4. The van der Waals surface area contributed by atoms with Gasteiger partial charge in [0.1, 0.15) is 23.7 Å². The number of hydrogen-bond donors (Lipinski definition) is 0. The Kier molecular flexibility index (Phi) is 3.80. The molecular formula is C21H15FN4O3. The minimum atomic E-state index is -0.521. The highest BCUT2D eigenvalue weighted by Gasteiger charge is 2.37. The summed E-state index contributed by atoms with van der Waals surface area (Å²) in [6.07, 6.45) is 3.05. The van der Waals surface area contributed by atoms with Crippen LogP contribution >= 0.6 is 0 Å². The Labute approximate surface area is 164 Å². The van der Waals surface area contributed by atoms with Gasteiger partial charge in [-0.15, -0.1) is 5.10 Å². The van der Waals surface area contributed by atoms with Crippen molar-refractivity contribution in [2.75, 3.05) is 0 Å². The van der Waals surface area contributed by atoms with Gasteiger partial charge in [-0.2, -0.15) is 0 Å². The van der Waals surface area contributed by atoms with Crippen LogP contribution in [-0.4, -0.2) is 25.4 Å². The third kappa shape index (κ3) is 2.72. The second kappa shape index (κ2) is 6.37. The predicted octanol–water partition coefficient (Wildman–Crippen LogP) is 3.91. The molecule has 29 heavy (non-hydrogen) atoms. The SMILES string of the molecule is CC(=O)C1=C(C)Oc2ncn3nc(-c4ccc(F)cc4)nc3c2C1c1ccco1. The van der Waals surface area contributed by atoms with Gasteiger partial charge in [-0.05, 0) is 50.2 Å². The van der Waals surface area contributed by atoms with Crippen molar-refractivity contribution in [1.29, 1.82) is 0 Å². The minimum absolute atomic E-state index is 0.130. The number of ether oxygens (including phenoxy) is 1. The molecule has 1 aromatic carbocycles. The van der Waals surface area contributed by atoms with Gasteiger partial charge in [0, 0.05) is 11.1 Å². The largest absolute Gasteiger partial charge is 0.468 e. The molecule has 0 N–H and O–H groups in total. The van der Waals surface area contributed by atoms with E-state index < -0.39 is 5.92 Å². The molecule has 0 amide bonds. The first-order chi connectivity index (χ1) is 14.0. The van der Waals surface area contributed by atoms with E-state index >= 15 is 0 Å². The van der Waals surface area contributed by atoms with Crippen LogP contribution in [0, 0.1) is 5.82 Å². The first-order valence-electron chi connectivity index (χ1n) is 8.97. The zero-order chi connectivity index (χ0) is 20.1. The Hall–Kier alpha value is -3.81. The van der Waals surface area contributed by atoms with Gasteiger partial charge >= 0.3 is 0 Å². The molecule has 0 radical (unpaired) electrons. The molecule has 8 heteroatoms. The number of hydrogen-bond acceptors (Lipinski definition) is 6. The Balaban J connectivity index is 1.76. The molecule has 0 bridgehead atoms. The fourth-order valence-corrected chi connectivity index (χ4v) is 3.65. The molecule has 0 fully saturated rings. The zero-order valence-electron chi connectivity index (χ0n) is 15.6. The van der Waals surface area contributed by atoms with Gasteiger partial charge in [0.25, 0.3) is 0 Å². The number of halogens is 1. The fraction of sp³-hybridized carbons (Fsp3) is 0.143. The van der Waals surface area contributed by atoms with Gasteiger partial charge in [0.05, 0.1) is 17.7 Å². The van der Waals surface area contributed by atoms with Crippen molar-refractivity contribution in [2.45, 2.75) is 19.8 Å². The number of carbonyl (C=O) groups excluding carboxylic acids is 1. The average Bonchev–Trinajstić information content (AvgIpc) is 3.37. The van der Waals surface area contributed by atoms with Crippen molar-refractivity contribution >= 4 is 11.4 Å². The summed E-state index contributed by atoms with van der Waals surface area (Å²) >= 11 is 0. The number of allylic oxidation sites excluding steroid dienone is 2. The molecule has 0 spiro atoms. The number of ketones is 1. The van der Waals surface area contributed by atoms with Crippen molar-refractivity contribution < 1.29 is 18.3 Å². The molecule has 7 nitrogen and oxygen atoms in total. The molecule has 1 aliphatic rings. The van der Waals surface area contributed by atoms with Crippen LogP contribution in [0.15, 0.2) is 64.7 Å². The van der Waals surface area contributed by atoms with Gasteiger partial charge in [0.15, 0.2) is 17.3 Å². The monoisotopic (exact) mass is 390 g/mol. The number of furan rings is 1. The maximum Gasteiger partial charge on any atom is 0.228 e. The van der Waals surface area contributed by atoms with Crippen molar-refractivity contribution in [3.05, 3.63) is 77.5 Å². The topological polar surface area (TPSA) is 82.5 Å². The molecule has 1 aliphatic heterocycles. The van der Waals surface area contributed by atoms with Gasteiger partial charge in [0.2, 0.25) is 5.88 Å². The first-order valence-corrected chi connectivity index (χ1v) is 8.97. The zero-order valence-corrected chi connectivity index (χ0v) is 15.6. The Morgan fingerprint density at radius 3 is 2.69 bits per heavy atom. The van der Waals surface area contributed by atoms with Crippen LogP contribution in [0.1, 0.15) is 31.1 Å². The number of aromatic nitrogens is 4. The lowest BCUT2D eigenvalue weighted by atomic mass is 9.85. The van der Waals surface area contributed by atoms with Crippen LogP contribution in [-0.2, 0) is 4.79 Å². The summed E-state index contributed by atoms with van der Waals surface area (Å²) in [7, 11) is 0. The van der Waals surface area contributed by atoms with E-state index in [-0.39, 0.29) is 11.6 Å². The maximum absolute atomic E-state index is 13.3. The van der Waals surface area contributed by atoms with E-state index in [4.69, 9.17) is 9.15 Å². The van der Waals surface area contributed by atoms with Crippen LogP contribution in [0.4, 0.5) is 4.39 Å². The van der Waals surface area contributed by atoms with E-state index in [0.29, 0.717) is 45.6 Å². The van der Waals surface area contributed by atoms with E-state index in [1.165, 1.54) is 29.9 Å². The second-order valence-corrected chi connectivity index (χ2v) is 6.75. The van der Waals surface area contributed by atoms with Crippen molar-refractivity contribution in [2.24, 2.45) is 0 Å². The van der Waals surface area contributed by atoms with Crippen LogP contribution < -0.4 is 4.74 Å². The van der Waals surface area contributed by atoms with Crippen molar-refractivity contribution in [1.82, 2.24) is 19.6 Å². The van der Waals surface area contributed by atoms with E-state index in [0.717, 1.165) is 0 Å². The van der Waals surface area contributed by atoms with E-state index in [2.05, 4.69) is 15.1 Å². The molecule has 0 aliphatic carbocycles. The summed E-state index contributed by atoms with van der Waals surface area (Å²) in [6.45, 7) is 3.22. The summed E-state index contributed by atoms with van der Waals surface area (Å²) in [5.41, 5.74) is 2.23. The number of fused-ring (bicyclic) bond motifs is 3. The summed E-state index contributed by atoms with van der Waals surface area (Å²) in [6, 6.07) is 9.48. The fourth-order valence-electron chi connectivity index (χ4n) is 3.65. The van der Waals surface area contributed by atoms with Gasteiger partial charge in [-0.3, -0.25) is 4.79 Å². The van der Waals surface area contributed by atoms with Crippen LogP contribution in [0.3, 0.4) is 0 Å². The molecule has 0 saturated heterocycles. The van der Waals surface area contributed by atoms with Crippen LogP contribution in [0.2, 0.25) is 0 Å². The summed E-state index contributed by atoms with van der Waals surface area (Å²) < 4.78 is 26.3. The van der Waals surface area contributed by atoms with Gasteiger partial charge < -0.3 is 9.15 Å². The van der Waals surface area contributed by atoms with Crippen molar-refractivity contribution in [3.8, 4) is 17.3 Å². The van der Waals surface area contributed by atoms with E-state index in [9.17, 15) is 9.18 Å². The highest BCUT2D eigenvalue weighted by atomic mass is 19.1. The van der Waals surface area contributed by atoms with Gasteiger partial charge in [-0.1, -0.05) is 0 Å². The molecular weight excluding hydrogens is 375 g/mol. The quantitative estimate of drug-likeness (QED) is 0.527. The number of carbonyl (C=O) groups is 1. The maximum atomic E-state index is 13.3. The molecule has 5 rings (SSSR count). The Bertz CT molecular complexity index is 1270. The molecule has 0 saturated carbocycles. The third-order valence-electron chi connectivity index (χ3n) is 4.90. The molecule has 1 unspecified atom stereocenters. The van der Waals surface area contributed by atoms with Crippen molar-refractivity contribution in [3.63, 3.8) is 0 Å². The predicted molar refractivity (Wildman–Crippen MR) is 101 cm³/mol. The normalized spacial score (nSPS) is 16.0. The molecule has 4 aromatic rings. The van der Waals surface area contributed by atoms with Crippen LogP contribution in [0.25, 0.3) is 17.0 Å². The average molecular weight is 390 g/mol. The number of Topliss-reactive ketones (excluding diaryl/α,β-unsaturated/α-hetero) is 1. The molecule has 1 atom stereocenters. The minimum Gasteiger partial charge on any atom is -0.468 e. The van der Waals surface area contributed by atoms with E-state index in [1.54, 1.807) is 37.5 Å². The highest BCUT2D eigenvalue weighted by Crippen LogP contribution is 2.44. The number of rotatable bonds is 3. The number of nitrogens with zero attached hydrogens (tertiary/aromatic N) is 4. The summed E-state index contributed by atoms with van der Waals surface area (Å²) in [5.74, 6) is 0.826. The molecule has 144 valence electrons. The van der Waals surface area contributed by atoms with Crippen LogP contribution in [0.5, 0.6) is 5.88 Å². The first kappa shape index (κ1) is 17.3. The van der Waals surface area contributed by atoms with Gasteiger partial charge in [-0.25, -0.2) is 18.9 Å². The smallest absolute Gasteiger partial charge is 0.228 e. The molecule has 3 aromatic heterocycles. The number of benzene rings is 1. The Morgan fingerprint density at radius 2 is 2.00 bits per heavy atom. The highest BCUT2D eigenvalue weighted by molar-refractivity contribution is 5.97.